The van der Waals surface area contributed by atoms with E-state index in [-0.39, 0.29) is 21.7 Å². The minimum atomic E-state index is -0.0759. The second kappa shape index (κ2) is 35.2. The predicted molar refractivity (Wildman–Crippen MR) is 601 cm³/mol. The number of pyridine rings is 4. The summed E-state index contributed by atoms with van der Waals surface area (Å²) in [6.07, 6.45) is 16.5. The van der Waals surface area contributed by atoms with Crippen LogP contribution in [0.2, 0.25) is 0 Å². The third kappa shape index (κ3) is 14.6. The SMILES string of the molecule is Cc1cc(-c2c(C)ccc3c2oc2ccc4c(c23)-c2ccccc2C4(C)C)[n+](C)cc1C(C)C.Cc1cc(-c2c(C)ccc3c2oc2ccc4c(c23)C(C)(C)c2ccccc2-4)[n+](C)cc1C(C)C.Cc1cc(-c2c(C)ccc3c2oc2ccc4c(c23)C(CC(C)C)(CC(C)C)c2ccccc2-4)[n+](C)cc1C(C)C.Cc1cc(-c2c(C)ccc3c2oc2ccc4c(c23)C2(CCCC2)c2ccccc2-4)[n+](C)cc1C(C)C. The van der Waals surface area contributed by atoms with Crippen LogP contribution in [0, 0.1) is 67.2 Å². The van der Waals surface area contributed by atoms with E-state index in [0.29, 0.717) is 35.5 Å². The van der Waals surface area contributed by atoms with Gasteiger partial charge in [-0.25, -0.2) is 18.3 Å². The molecule has 0 bridgehead atoms. The van der Waals surface area contributed by atoms with Crippen molar-refractivity contribution >= 4 is 87.8 Å². The van der Waals surface area contributed by atoms with Gasteiger partial charge in [-0.1, -0.05) is 293 Å². The first-order chi connectivity index (χ1) is 68.8. The Morgan fingerprint density at radius 1 is 0.264 bits per heavy atom. The molecule has 5 aliphatic rings. The van der Waals surface area contributed by atoms with Gasteiger partial charge < -0.3 is 17.7 Å². The summed E-state index contributed by atoms with van der Waals surface area (Å²) in [6, 6.07) is 81.5. The molecule has 8 aromatic heterocycles. The molecule has 12 aromatic carbocycles. The third-order valence-electron chi connectivity index (χ3n) is 34.1. The summed E-state index contributed by atoms with van der Waals surface area (Å²) in [7, 11) is 8.65. The molecular weight excluding hydrogens is 1750 g/mol. The van der Waals surface area contributed by atoms with Gasteiger partial charge in [0.25, 0.3) is 0 Å². The number of aryl methyl sites for hydroxylation is 12. The fraction of sp³-hybridized carbons (Fsp3) is 0.324. The monoisotopic (exact) mass is 1900 g/mol. The van der Waals surface area contributed by atoms with Crippen molar-refractivity contribution in [2.75, 3.05) is 0 Å². The van der Waals surface area contributed by atoms with E-state index in [4.69, 9.17) is 17.7 Å². The number of fused-ring (bicyclic) bond motifs is 30. The molecule has 0 unspecified atom stereocenters. The lowest BCUT2D eigenvalue weighted by Crippen LogP contribution is -2.32. The molecule has 144 heavy (non-hydrogen) atoms. The lowest BCUT2D eigenvalue weighted by atomic mass is 9.67. The predicted octanol–water partition coefficient (Wildman–Crippen LogP) is 35.1. The number of nitrogens with zero attached hydrogens (tertiary/aromatic N) is 4. The molecule has 1 saturated carbocycles. The number of furan rings is 4. The second-order valence-electron chi connectivity index (χ2n) is 46.6. The number of hydrogen-bond acceptors (Lipinski definition) is 4. The van der Waals surface area contributed by atoms with Crippen LogP contribution in [-0.4, -0.2) is 0 Å². The lowest BCUT2D eigenvalue weighted by Gasteiger charge is -2.36. The van der Waals surface area contributed by atoms with Gasteiger partial charge in [-0.15, -0.1) is 0 Å². The normalized spacial score (nSPS) is 14.7. The maximum atomic E-state index is 6.91. The van der Waals surface area contributed by atoms with E-state index in [9.17, 15) is 0 Å². The molecule has 25 rings (SSSR count). The lowest BCUT2D eigenvalue weighted by molar-refractivity contribution is -0.661. The standard InChI is InChI=1S/C38H44NO.C34H34NO.2C32H32NO/c1-22(2)19-38(20-23(3)4)31-13-11-10-12-27(31)28-16-17-33-35(36(28)38)29-15-14-25(7)34(37(29)40-33)32-18-26(8)30(24(5)6)21-39(32)9;1-20(2)26-19-35(5)28(18-22(26)4)30-21(3)12-13-25-31-29(36-33(25)30)15-14-24-23-10-6-7-11-27(23)34(32(24)31)16-8-9-17-34;1-18(2)24-17-33(7)26(16-20(24)4)28-19(3)12-13-23-29-27(34-31(23)28)15-14-22-21-10-8-9-11-25(21)32(5,6)30(22)29;1-18(2)23-17-33(7)26(16-20(23)4)28-19(3)12-13-22-30-27(34-31(22)28)15-14-25-29(30)21-10-8-9-11-24(21)32(25,5)6/h10-18,21-24H,19-20H2,1-9H3;6-7,10-15,18-20H,8-9,16-17H2,1-5H3;2*8-18H,1-7H3/q4*+1. The van der Waals surface area contributed by atoms with Crippen LogP contribution in [0.3, 0.4) is 0 Å². The van der Waals surface area contributed by atoms with Crippen molar-refractivity contribution in [1.29, 1.82) is 0 Å². The zero-order chi connectivity index (χ0) is 101. The first-order valence-electron chi connectivity index (χ1n) is 53.2. The quantitative estimate of drug-likeness (QED) is 0.114. The van der Waals surface area contributed by atoms with Crippen molar-refractivity contribution in [3.8, 4) is 89.5 Å². The van der Waals surface area contributed by atoms with E-state index in [1.165, 1.54) is 270 Å². The van der Waals surface area contributed by atoms with Crippen molar-refractivity contribution in [2.45, 2.75) is 250 Å². The largest absolute Gasteiger partial charge is 0.455 e. The van der Waals surface area contributed by atoms with Crippen LogP contribution in [0.1, 0.15) is 284 Å². The van der Waals surface area contributed by atoms with Crippen molar-refractivity contribution in [1.82, 2.24) is 0 Å². The zero-order valence-corrected chi connectivity index (χ0v) is 90.2. The summed E-state index contributed by atoms with van der Waals surface area (Å²) in [5.74, 6) is 3.13. The van der Waals surface area contributed by atoms with E-state index in [0.717, 1.165) is 57.5 Å². The minimum Gasteiger partial charge on any atom is -0.455 e. The second-order valence-corrected chi connectivity index (χ2v) is 46.6. The van der Waals surface area contributed by atoms with Crippen LogP contribution in [0.15, 0.2) is 261 Å². The Hall–Kier alpha value is -13.6. The molecule has 0 atom stereocenters. The highest BCUT2D eigenvalue weighted by atomic mass is 16.3. The molecule has 0 aliphatic heterocycles. The van der Waals surface area contributed by atoms with E-state index >= 15 is 0 Å². The Bertz CT molecular complexity index is 8730. The average Bonchev–Trinajstić information content (AvgIpc) is 1.53. The molecule has 0 radical (unpaired) electrons. The molecule has 726 valence electrons. The summed E-state index contributed by atoms with van der Waals surface area (Å²) >= 11 is 0. The van der Waals surface area contributed by atoms with Gasteiger partial charge >= 0.3 is 0 Å². The molecule has 8 nitrogen and oxygen atoms in total. The van der Waals surface area contributed by atoms with Crippen LogP contribution < -0.4 is 18.3 Å². The van der Waals surface area contributed by atoms with Crippen molar-refractivity contribution < 1.29 is 35.9 Å². The van der Waals surface area contributed by atoms with Crippen LogP contribution >= 0.6 is 0 Å². The smallest absolute Gasteiger partial charge is 0.216 e. The van der Waals surface area contributed by atoms with Gasteiger partial charge in [-0.3, -0.25) is 0 Å². The Labute approximate surface area is 851 Å². The third-order valence-corrected chi connectivity index (χ3v) is 34.1. The highest BCUT2D eigenvalue weighted by Gasteiger charge is 2.50. The fourth-order valence-corrected chi connectivity index (χ4v) is 27.7. The number of aromatic nitrogens is 4. The van der Waals surface area contributed by atoms with Gasteiger partial charge in [0, 0.05) is 111 Å². The van der Waals surface area contributed by atoms with E-state index in [1.807, 2.05) is 0 Å². The zero-order valence-electron chi connectivity index (χ0n) is 90.2. The van der Waals surface area contributed by atoms with E-state index in [1.54, 1.807) is 0 Å². The molecule has 1 fully saturated rings. The Balaban J connectivity index is 0.000000110. The van der Waals surface area contributed by atoms with E-state index < -0.39 is 0 Å². The molecular formula is C136H142N4O4+4. The molecule has 8 heteroatoms. The van der Waals surface area contributed by atoms with Crippen LogP contribution in [0.5, 0.6) is 0 Å². The topological polar surface area (TPSA) is 68.1 Å². The van der Waals surface area contributed by atoms with Gasteiger partial charge in [0.2, 0.25) is 22.8 Å². The summed E-state index contributed by atoms with van der Waals surface area (Å²) < 4.78 is 36.2. The van der Waals surface area contributed by atoms with Crippen LogP contribution in [0.25, 0.3) is 177 Å². The highest BCUT2D eigenvalue weighted by Crippen LogP contribution is 2.63. The molecule has 5 aliphatic carbocycles. The first kappa shape index (κ1) is 95.3. The molecule has 0 N–H and O–H groups in total. The molecule has 0 amide bonds. The number of hydrogen-bond donors (Lipinski definition) is 0. The minimum absolute atomic E-state index is 0.0204. The first-order valence-corrected chi connectivity index (χ1v) is 53.2. The van der Waals surface area contributed by atoms with Gasteiger partial charge in [0.1, 0.15) is 72.9 Å². The maximum absolute atomic E-state index is 6.91. The van der Waals surface area contributed by atoms with Crippen LogP contribution in [-0.2, 0) is 49.9 Å². The molecule has 8 heterocycles. The molecule has 0 saturated heterocycles. The van der Waals surface area contributed by atoms with Crippen molar-refractivity contribution in [3.63, 3.8) is 0 Å². The van der Waals surface area contributed by atoms with E-state index in [2.05, 4.69) is 456 Å². The summed E-state index contributed by atoms with van der Waals surface area (Å²) in [5, 5.41) is 10.0. The number of benzene rings is 12. The molecule has 1 spiro atoms. The Kier molecular flexibility index (Phi) is 23.3. The van der Waals surface area contributed by atoms with Gasteiger partial charge in [0.15, 0.2) is 24.8 Å². The Morgan fingerprint density at radius 2 is 0.556 bits per heavy atom. The van der Waals surface area contributed by atoms with Crippen molar-refractivity contribution in [3.05, 3.63) is 354 Å². The summed E-state index contributed by atoms with van der Waals surface area (Å²) in [6.45, 7) is 54.7. The highest BCUT2D eigenvalue weighted by molar-refractivity contribution is 6.20. The van der Waals surface area contributed by atoms with Gasteiger partial charge in [0.05, 0.1) is 22.3 Å². The Morgan fingerprint density at radius 3 is 0.931 bits per heavy atom. The average molecular weight is 1900 g/mol. The number of rotatable bonds is 12. The molecule has 20 aromatic rings. The van der Waals surface area contributed by atoms with Gasteiger partial charge in [-0.05, 0) is 274 Å². The fourth-order valence-electron chi connectivity index (χ4n) is 27.7. The maximum Gasteiger partial charge on any atom is 0.216 e. The summed E-state index contributed by atoms with van der Waals surface area (Å²) in [4.78, 5) is 0. The van der Waals surface area contributed by atoms with Crippen molar-refractivity contribution in [2.24, 2.45) is 40.0 Å². The van der Waals surface area contributed by atoms with Gasteiger partial charge in [-0.2, -0.15) is 0 Å². The van der Waals surface area contributed by atoms with Crippen LogP contribution in [0.4, 0.5) is 0 Å². The summed E-state index contributed by atoms with van der Waals surface area (Å²) in [5.41, 5.74) is 56.0.